The molecule has 0 spiro atoms. The smallest absolute Gasteiger partial charge is 0.409 e. The number of hydrogen-bond donors (Lipinski definition) is 0. The maximum absolute atomic E-state index is 14.1. The summed E-state index contributed by atoms with van der Waals surface area (Å²) in [5.74, 6) is -0.423. The second kappa shape index (κ2) is 12.4. The van der Waals surface area contributed by atoms with E-state index >= 15 is 0 Å². The van der Waals surface area contributed by atoms with Crippen LogP contribution in [0.3, 0.4) is 0 Å². The molecule has 6 rings (SSSR count). The zero-order valence-corrected chi connectivity index (χ0v) is 25.7. The molecule has 0 radical (unpaired) electrons. The third-order valence-electron chi connectivity index (χ3n) is 7.56. The molecule has 1 heterocycles. The fourth-order valence-electron chi connectivity index (χ4n) is 5.29. The van der Waals surface area contributed by atoms with Crippen molar-refractivity contribution in [2.45, 2.75) is 52.2 Å². The van der Waals surface area contributed by atoms with Crippen LogP contribution in [-0.2, 0) is 39.7 Å². The topological polar surface area (TPSA) is 79.9 Å². The summed E-state index contributed by atoms with van der Waals surface area (Å²) in [4.78, 5) is 13.3. The number of hydrogen-bond acceptors (Lipinski definition) is 7. The number of aryl methyl sites for hydroxylation is 2. The lowest BCUT2D eigenvalue weighted by Gasteiger charge is -2.22. The summed E-state index contributed by atoms with van der Waals surface area (Å²) >= 11 is 5.84. The highest BCUT2D eigenvalue weighted by Gasteiger charge is 2.31. The minimum absolute atomic E-state index is 0.0175. The highest BCUT2D eigenvalue weighted by molar-refractivity contribution is 7.71. The number of phosphoric acid groups is 1. The van der Waals surface area contributed by atoms with Gasteiger partial charge < -0.3 is 8.94 Å². The molecular formula is C34H32NO6PS. The van der Waals surface area contributed by atoms with E-state index in [2.05, 4.69) is 6.07 Å². The van der Waals surface area contributed by atoms with Gasteiger partial charge in [-0.15, -0.1) is 0 Å². The van der Waals surface area contributed by atoms with Crippen LogP contribution in [-0.4, -0.2) is 4.57 Å². The van der Waals surface area contributed by atoms with E-state index < -0.39 is 13.6 Å². The fourth-order valence-corrected chi connectivity index (χ4v) is 6.82. The lowest BCUT2D eigenvalue weighted by Crippen LogP contribution is -2.18. The first-order valence-electron chi connectivity index (χ1n) is 14.3. The van der Waals surface area contributed by atoms with Gasteiger partial charge in [0.2, 0.25) is 0 Å². The molecule has 0 saturated carbocycles. The van der Waals surface area contributed by atoms with Gasteiger partial charge in [0, 0.05) is 6.07 Å². The van der Waals surface area contributed by atoms with Gasteiger partial charge in [0.1, 0.15) is 16.0 Å². The molecule has 1 aromatic heterocycles. The SMILES string of the molecule is CC(C)c1cc2c(=S)n(-c3ccc4c(c3)CCC4)c(=O)oc2cc1OP(=O)(OCc1ccccc1)OCc1ccccc1. The zero-order chi connectivity index (χ0) is 30.0. The van der Waals surface area contributed by atoms with Crippen LogP contribution < -0.4 is 10.3 Å². The van der Waals surface area contributed by atoms with Crippen molar-refractivity contribution in [3.8, 4) is 11.4 Å². The van der Waals surface area contributed by atoms with Crippen LogP contribution in [0.15, 0.2) is 100 Å². The van der Waals surface area contributed by atoms with Crippen LogP contribution in [0, 0.1) is 4.64 Å². The van der Waals surface area contributed by atoms with Crippen LogP contribution in [0.2, 0.25) is 0 Å². The van der Waals surface area contributed by atoms with E-state index in [1.54, 1.807) is 6.07 Å². The number of fused-ring (bicyclic) bond motifs is 2. The predicted octanol–water partition coefficient (Wildman–Crippen LogP) is 8.85. The van der Waals surface area contributed by atoms with Crippen LogP contribution in [0.5, 0.6) is 5.75 Å². The first-order valence-corrected chi connectivity index (χ1v) is 16.2. The molecule has 43 heavy (non-hydrogen) atoms. The van der Waals surface area contributed by atoms with Crippen LogP contribution >= 0.6 is 20.0 Å². The molecule has 0 fully saturated rings. The van der Waals surface area contributed by atoms with E-state index in [0.717, 1.165) is 36.0 Å². The van der Waals surface area contributed by atoms with Crippen molar-refractivity contribution in [1.29, 1.82) is 0 Å². The van der Waals surface area contributed by atoms with E-state index in [0.29, 0.717) is 15.7 Å². The molecule has 0 atom stereocenters. The van der Waals surface area contributed by atoms with Crippen LogP contribution in [0.1, 0.15) is 54.0 Å². The van der Waals surface area contributed by atoms with Crippen molar-refractivity contribution in [1.82, 2.24) is 4.57 Å². The minimum atomic E-state index is -4.16. The average Bonchev–Trinajstić information content (AvgIpc) is 3.48. The molecule has 0 unspecified atom stereocenters. The molecule has 0 saturated heterocycles. The molecule has 0 bridgehead atoms. The summed E-state index contributed by atoms with van der Waals surface area (Å²) in [7, 11) is -4.16. The Labute approximate surface area is 255 Å². The van der Waals surface area contributed by atoms with E-state index in [-0.39, 0.29) is 30.5 Å². The number of rotatable bonds is 10. The van der Waals surface area contributed by atoms with E-state index in [1.165, 1.54) is 15.7 Å². The van der Waals surface area contributed by atoms with Gasteiger partial charge in [-0.1, -0.05) is 92.8 Å². The van der Waals surface area contributed by atoms with Crippen molar-refractivity contribution < 1.29 is 22.6 Å². The monoisotopic (exact) mass is 613 g/mol. The third kappa shape index (κ3) is 6.43. The summed E-state index contributed by atoms with van der Waals surface area (Å²) in [5.41, 5.74) is 5.79. The van der Waals surface area contributed by atoms with Gasteiger partial charge in [0.05, 0.1) is 24.3 Å². The maximum atomic E-state index is 14.1. The van der Waals surface area contributed by atoms with Gasteiger partial charge in [-0.3, -0.25) is 9.05 Å². The molecule has 0 N–H and O–H groups in total. The van der Waals surface area contributed by atoms with Crippen molar-refractivity contribution in [2.75, 3.05) is 0 Å². The van der Waals surface area contributed by atoms with Gasteiger partial charge in [-0.2, -0.15) is 0 Å². The predicted molar refractivity (Wildman–Crippen MR) is 169 cm³/mol. The molecule has 1 aliphatic carbocycles. The number of phosphoric ester groups is 1. The normalized spacial score (nSPS) is 13.0. The number of nitrogens with zero attached hydrogens (tertiary/aromatic N) is 1. The Hall–Kier alpha value is -3.81. The molecule has 0 aliphatic heterocycles. The summed E-state index contributed by atoms with van der Waals surface area (Å²) in [6.45, 7) is 4.02. The van der Waals surface area contributed by atoms with Crippen molar-refractivity contribution in [2.24, 2.45) is 0 Å². The van der Waals surface area contributed by atoms with E-state index in [1.807, 2.05) is 92.7 Å². The molecule has 4 aromatic carbocycles. The highest BCUT2D eigenvalue weighted by Crippen LogP contribution is 2.52. The molecule has 5 aromatic rings. The van der Waals surface area contributed by atoms with Gasteiger partial charge in [-0.05, 0) is 71.2 Å². The molecule has 9 heteroatoms. The third-order valence-corrected chi connectivity index (χ3v) is 9.28. The fraction of sp³-hybridized carbons (Fsp3) is 0.235. The minimum Gasteiger partial charge on any atom is -0.409 e. The maximum Gasteiger partial charge on any atom is 0.530 e. The largest absolute Gasteiger partial charge is 0.530 e. The summed E-state index contributed by atoms with van der Waals surface area (Å²) in [6, 6.07) is 28.1. The van der Waals surface area contributed by atoms with Gasteiger partial charge in [0.15, 0.2) is 0 Å². The summed E-state index contributed by atoms with van der Waals surface area (Å²) < 4.78 is 39.5. The highest BCUT2D eigenvalue weighted by atomic mass is 32.1. The Morgan fingerprint density at radius 1 is 0.860 bits per heavy atom. The van der Waals surface area contributed by atoms with Crippen LogP contribution in [0.25, 0.3) is 16.7 Å². The Morgan fingerprint density at radius 2 is 1.49 bits per heavy atom. The lowest BCUT2D eigenvalue weighted by molar-refractivity contribution is 0.143. The molecule has 0 amide bonds. The summed E-state index contributed by atoms with van der Waals surface area (Å²) in [6.07, 6.45) is 3.12. The molecule has 7 nitrogen and oxygen atoms in total. The first-order chi connectivity index (χ1) is 20.8. The quantitative estimate of drug-likeness (QED) is 0.115. The Kier molecular flexibility index (Phi) is 8.46. The Balaban J connectivity index is 1.38. The van der Waals surface area contributed by atoms with Crippen molar-refractivity contribution in [3.05, 3.63) is 134 Å². The van der Waals surface area contributed by atoms with Gasteiger partial charge in [-0.25, -0.2) is 13.9 Å². The molecule has 220 valence electrons. The Morgan fingerprint density at radius 3 is 2.12 bits per heavy atom. The van der Waals surface area contributed by atoms with Gasteiger partial charge in [0.25, 0.3) is 0 Å². The zero-order valence-electron chi connectivity index (χ0n) is 24.0. The summed E-state index contributed by atoms with van der Waals surface area (Å²) in [5, 5.41) is 0.580. The van der Waals surface area contributed by atoms with E-state index in [9.17, 15) is 9.36 Å². The molecule has 1 aliphatic rings. The first kappa shape index (κ1) is 29.3. The van der Waals surface area contributed by atoms with E-state index in [4.69, 9.17) is 30.2 Å². The van der Waals surface area contributed by atoms with Crippen LogP contribution in [0.4, 0.5) is 0 Å². The van der Waals surface area contributed by atoms with Crippen molar-refractivity contribution >= 4 is 31.0 Å². The molecular weight excluding hydrogens is 581 g/mol. The average molecular weight is 614 g/mol. The standard InChI is InChI=1S/C34H32NO6PS/c1-23(2)29-19-30-31(40-34(36)35(33(30)43)28-17-16-26-14-9-15-27(26)18-28)20-32(29)41-42(37,38-21-24-10-5-3-6-11-24)39-22-25-12-7-4-8-13-25/h3-8,10-13,16-20,23H,9,14-15,21-22H2,1-2H3. The second-order valence-corrected chi connectivity index (χ2v) is 12.9. The van der Waals surface area contributed by atoms with Crippen molar-refractivity contribution in [3.63, 3.8) is 0 Å². The second-order valence-electron chi connectivity index (χ2n) is 10.9. The van der Waals surface area contributed by atoms with Gasteiger partial charge >= 0.3 is 13.6 Å². The Bertz CT molecular complexity index is 1890. The number of benzene rings is 4. The lowest BCUT2D eigenvalue weighted by atomic mass is 10.0. The number of aromatic nitrogens is 1.